The average Bonchev–Trinajstić information content (AvgIpc) is 2.72. The number of nitrogens with zero attached hydrogens (tertiary/aromatic N) is 2. The van der Waals surface area contributed by atoms with Crippen molar-refractivity contribution in [3.63, 3.8) is 0 Å². The molecule has 0 bridgehead atoms. The standard InChI is InChI=1S/C20H16F3N3O4S/c1-11-16(18(27)30-2)17(14-8-3-4-9-15(14)26(28)29)24-19(31)25(11)13-7-5-6-12(10-13)20(21,22)23/h3-10,17H,1-2H3,(H,24,31). The van der Waals surface area contributed by atoms with Gasteiger partial charge in [-0.3, -0.25) is 15.0 Å². The van der Waals surface area contributed by atoms with E-state index in [1.54, 1.807) is 6.07 Å². The molecule has 1 unspecified atom stereocenters. The van der Waals surface area contributed by atoms with Crippen molar-refractivity contribution in [3.05, 3.63) is 81.0 Å². The number of anilines is 1. The van der Waals surface area contributed by atoms with E-state index in [-0.39, 0.29) is 33.3 Å². The number of nitro groups is 1. The fourth-order valence-corrected chi connectivity index (χ4v) is 3.74. The number of hydrogen-bond acceptors (Lipinski definition) is 5. The quantitative estimate of drug-likeness (QED) is 0.317. The van der Waals surface area contributed by atoms with Gasteiger partial charge in [0, 0.05) is 17.5 Å². The van der Waals surface area contributed by atoms with Crippen LogP contribution in [-0.2, 0) is 15.7 Å². The largest absolute Gasteiger partial charge is 0.466 e. The summed E-state index contributed by atoms with van der Waals surface area (Å²) in [6, 6.07) is 9.22. The Morgan fingerprint density at radius 3 is 2.52 bits per heavy atom. The Balaban J connectivity index is 2.20. The number of allylic oxidation sites excluding steroid dienone is 1. The lowest BCUT2D eigenvalue weighted by Gasteiger charge is -2.37. The number of rotatable bonds is 4. The highest BCUT2D eigenvalue weighted by atomic mass is 32.1. The minimum absolute atomic E-state index is 0.0113. The zero-order valence-electron chi connectivity index (χ0n) is 16.3. The molecular formula is C20H16F3N3O4S. The van der Waals surface area contributed by atoms with Crippen LogP contribution in [0.2, 0.25) is 0 Å². The summed E-state index contributed by atoms with van der Waals surface area (Å²) in [7, 11) is 1.14. The van der Waals surface area contributed by atoms with Gasteiger partial charge in [0.25, 0.3) is 5.69 Å². The van der Waals surface area contributed by atoms with E-state index in [1.807, 2.05) is 0 Å². The number of alkyl halides is 3. The van der Waals surface area contributed by atoms with Crippen LogP contribution >= 0.6 is 12.2 Å². The maximum absolute atomic E-state index is 13.2. The zero-order valence-corrected chi connectivity index (χ0v) is 17.1. The summed E-state index contributed by atoms with van der Waals surface area (Å²) in [6.45, 7) is 1.49. The Morgan fingerprint density at radius 1 is 1.23 bits per heavy atom. The summed E-state index contributed by atoms with van der Waals surface area (Å²) in [5.41, 5.74) is -0.711. The van der Waals surface area contributed by atoms with Crippen molar-refractivity contribution >= 4 is 34.7 Å². The Labute approximate surface area is 180 Å². The maximum Gasteiger partial charge on any atom is 0.416 e. The number of benzene rings is 2. The van der Waals surface area contributed by atoms with Gasteiger partial charge in [0.1, 0.15) is 0 Å². The van der Waals surface area contributed by atoms with Crippen molar-refractivity contribution < 1.29 is 27.6 Å². The van der Waals surface area contributed by atoms with Gasteiger partial charge in [0.15, 0.2) is 5.11 Å². The van der Waals surface area contributed by atoms with Crippen molar-refractivity contribution in [2.24, 2.45) is 0 Å². The molecule has 0 spiro atoms. The lowest BCUT2D eigenvalue weighted by atomic mass is 9.93. The summed E-state index contributed by atoms with van der Waals surface area (Å²) in [5.74, 6) is -0.798. The van der Waals surface area contributed by atoms with Crippen LogP contribution in [0.1, 0.15) is 24.1 Å². The first-order chi connectivity index (χ1) is 14.6. The molecule has 1 N–H and O–H groups in total. The molecule has 0 radical (unpaired) electrons. The topological polar surface area (TPSA) is 84.7 Å². The third-order valence-corrected chi connectivity index (χ3v) is 5.07. The predicted molar refractivity (Wildman–Crippen MR) is 110 cm³/mol. The highest BCUT2D eigenvalue weighted by molar-refractivity contribution is 7.80. The molecule has 1 aliphatic heterocycles. The first-order valence-corrected chi connectivity index (χ1v) is 9.27. The van der Waals surface area contributed by atoms with E-state index >= 15 is 0 Å². The van der Waals surface area contributed by atoms with Crippen molar-refractivity contribution in [2.75, 3.05) is 12.0 Å². The van der Waals surface area contributed by atoms with E-state index in [9.17, 15) is 28.1 Å². The summed E-state index contributed by atoms with van der Waals surface area (Å²) in [5, 5.41) is 14.3. The number of halogens is 3. The molecule has 31 heavy (non-hydrogen) atoms. The number of esters is 1. The smallest absolute Gasteiger partial charge is 0.416 e. The van der Waals surface area contributed by atoms with Crippen LogP contribution in [0.4, 0.5) is 24.5 Å². The monoisotopic (exact) mass is 451 g/mol. The third kappa shape index (κ3) is 4.22. The molecule has 0 aliphatic carbocycles. The second-order valence-corrected chi connectivity index (χ2v) is 6.96. The number of carbonyl (C=O) groups excluding carboxylic acids is 1. The molecule has 162 valence electrons. The Morgan fingerprint density at radius 2 is 1.90 bits per heavy atom. The second-order valence-electron chi connectivity index (χ2n) is 6.57. The van der Waals surface area contributed by atoms with Crippen LogP contribution in [0.15, 0.2) is 59.8 Å². The van der Waals surface area contributed by atoms with Crippen LogP contribution in [0.3, 0.4) is 0 Å². The molecule has 2 aromatic rings. The number of carbonyl (C=O) groups is 1. The first kappa shape index (κ1) is 22.2. The Hall–Kier alpha value is -3.47. The fraction of sp³-hybridized carbons (Fsp3) is 0.200. The number of nitrogens with one attached hydrogen (secondary N) is 1. The molecule has 1 atom stereocenters. The average molecular weight is 451 g/mol. The van der Waals surface area contributed by atoms with E-state index in [0.717, 1.165) is 19.2 Å². The van der Waals surface area contributed by atoms with Crippen molar-refractivity contribution in [3.8, 4) is 0 Å². The SMILES string of the molecule is COC(=O)C1=C(C)N(c2cccc(C(F)(F)F)c2)C(=S)NC1c1ccccc1[N+](=O)[O-]. The van der Waals surface area contributed by atoms with Gasteiger partial charge in [-0.05, 0) is 43.4 Å². The molecule has 0 fully saturated rings. The van der Waals surface area contributed by atoms with E-state index in [1.165, 1.54) is 42.2 Å². The van der Waals surface area contributed by atoms with Gasteiger partial charge in [-0.15, -0.1) is 0 Å². The number of thiocarbonyl (C=S) groups is 1. The Kier molecular flexibility index (Phi) is 5.98. The second kappa shape index (κ2) is 8.34. The van der Waals surface area contributed by atoms with Gasteiger partial charge in [-0.25, -0.2) is 4.79 Å². The van der Waals surface area contributed by atoms with Crippen LogP contribution < -0.4 is 10.2 Å². The minimum atomic E-state index is -4.57. The Bertz CT molecular complexity index is 1100. The molecule has 0 saturated carbocycles. The molecule has 2 aromatic carbocycles. The van der Waals surface area contributed by atoms with Crippen LogP contribution in [0.5, 0.6) is 0 Å². The van der Waals surface area contributed by atoms with Crippen molar-refractivity contribution in [1.82, 2.24) is 5.32 Å². The number of para-hydroxylation sites is 1. The summed E-state index contributed by atoms with van der Waals surface area (Å²) >= 11 is 5.36. The van der Waals surface area contributed by atoms with E-state index < -0.39 is 28.7 Å². The molecule has 0 amide bonds. The van der Waals surface area contributed by atoms with Gasteiger partial charge >= 0.3 is 12.1 Å². The van der Waals surface area contributed by atoms with Crippen molar-refractivity contribution in [2.45, 2.75) is 19.1 Å². The lowest BCUT2D eigenvalue weighted by Crippen LogP contribution is -2.48. The highest BCUT2D eigenvalue weighted by Crippen LogP contribution is 2.38. The maximum atomic E-state index is 13.2. The van der Waals surface area contributed by atoms with Gasteiger partial charge in [0.2, 0.25) is 0 Å². The molecular weight excluding hydrogens is 435 g/mol. The predicted octanol–water partition coefficient (Wildman–Crippen LogP) is 4.50. The zero-order chi connectivity index (χ0) is 22.9. The van der Waals surface area contributed by atoms with E-state index in [4.69, 9.17) is 17.0 Å². The molecule has 0 aromatic heterocycles. The summed E-state index contributed by atoms with van der Waals surface area (Å²) in [6.07, 6.45) is -4.57. The van der Waals surface area contributed by atoms with Crippen LogP contribution in [0, 0.1) is 10.1 Å². The number of methoxy groups -OCH3 is 1. The van der Waals surface area contributed by atoms with Gasteiger partial charge in [-0.1, -0.05) is 18.2 Å². The summed E-state index contributed by atoms with van der Waals surface area (Å²) < 4.78 is 44.4. The number of hydrogen-bond donors (Lipinski definition) is 1. The van der Waals surface area contributed by atoms with E-state index in [2.05, 4.69) is 5.32 Å². The molecule has 1 heterocycles. The molecule has 7 nitrogen and oxygen atoms in total. The first-order valence-electron chi connectivity index (χ1n) is 8.86. The van der Waals surface area contributed by atoms with Crippen LogP contribution in [0.25, 0.3) is 0 Å². The van der Waals surface area contributed by atoms with Gasteiger partial charge in [0.05, 0.1) is 34.8 Å². The van der Waals surface area contributed by atoms with Gasteiger partial charge in [-0.2, -0.15) is 13.2 Å². The molecule has 1 aliphatic rings. The molecule has 3 rings (SSSR count). The molecule has 0 saturated heterocycles. The lowest BCUT2D eigenvalue weighted by molar-refractivity contribution is -0.385. The highest BCUT2D eigenvalue weighted by Gasteiger charge is 2.39. The third-order valence-electron chi connectivity index (χ3n) is 4.77. The van der Waals surface area contributed by atoms with Crippen LogP contribution in [-0.4, -0.2) is 23.1 Å². The van der Waals surface area contributed by atoms with E-state index in [0.29, 0.717) is 0 Å². The summed E-state index contributed by atoms with van der Waals surface area (Å²) in [4.78, 5) is 24.8. The normalized spacial score (nSPS) is 16.7. The fourth-order valence-electron chi connectivity index (χ4n) is 3.38. The van der Waals surface area contributed by atoms with Gasteiger partial charge < -0.3 is 10.1 Å². The minimum Gasteiger partial charge on any atom is -0.466 e. The number of nitro benzene ring substituents is 1. The molecule has 11 heteroatoms. The number of ether oxygens (including phenoxy) is 1. The van der Waals surface area contributed by atoms with Crippen molar-refractivity contribution in [1.29, 1.82) is 0 Å².